The normalized spacial score (nSPS) is 40.1. The minimum Gasteiger partial charge on any atom is -0.340 e. The van der Waals surface area contributed by atoms with Crippen molar-refractivity contribution in [3.05, 3.63) is 34.9 Å². The number of carbonyl (C=O) groups excluding carboxylic acids is 1. The van der Waals surface area contributed by atoms with Gasteiger partial charge in [-0.15, -0.1) is 0 Å². The molecule has 1 aliphatic heterocycles. The molecule has 0 spiro atoms. The van der Waals surface area contributed by atoms with Crippen LogP contribution in [0.1, 0.15) is 57.9 Å². The van der Waals surface area contributed by atoms with Crippen LogP contribution in [0.5, 0.6) is 0 Å². The fourth-order valence-electron chi connectivity index (χ4n) is 8.02. The third-order valence-corrected chi connectivity index (χ3v) is 8.27. The predicted octanol–water partition coefficient (Wildman–Crippen LogP) is 4.98. The Labute approximate surface area is 174 Å². The summed E-state index contributed by atoms with van der Waals surface area (Å²) in [5.74, 6) is 1.26. The lowest BCUT2D eigenvalue weighted by Crippen LogP contribution is -2.62. The van der Waals surface area contributed by atoms with Crippen molar-refractivity contribution in [2.75, 3.05) is 26.2 Å². The molecule has 3 nitrogen and oxygen atoms in total. The molecule has 1 aromatic carbocycles. The molecule has 2 atom stereocenters. The van der Waals surface area contributed by atoms with Crippen molar-refractivity contribution in [2.45, 2.75) is 58.9 Å². The maximum absolute atomic E-state index is 13.7. The Morgan fingerprint density at radius 1 is 1.04 bits per heavy atom. The number of hydrogen-bond donors (Lipinski definition) is 0. The van der Waals surface area contributed by atoms with Gasteiger partial charge in [0, 0.05) is 37.7 Å². The Bertz CT molecular complexity index is 767. The summed E-state index contributed by atoms with van der Waals surface area (Å²) in [6.07, 6.45) is 7.45. The molecule has 5 fully saturated rings. The molecule has 6 rings (SSSR count). The van der Waals surface area contributed by atoms with Crippen molar-refractivity contribution in [1.82, 2.24) is 9.80 Å². The van der Waals surface area contributed by atoms with Crippen LogP contribution in [0.2, 0.25) is 5.02 Å². The van der Waals surface area contributed by atoms with Crippen molar-refractivity contribution < 1.29 is 4.79 Å². The maximum Gasteiger partial charge on any atom is 0.228 e. The zero-order chi connectivity index (χ0) is 19.6. The van der Waals surface area contributed by atoms with Crippen LogP contribution >= 0.6 is 11.6 Å². The molecule has 152 valence electrons. The molecule has 1 aromatic rings. The maximum atomic E-state index is 13.7. The van der Waals surface area contributed by atoms with E-state index in [2.05, 4.69) is 35.8 Å². The summed E-state index contributed by atoms with van der Waals surface area (Å²) in [6.45, 7) is 9.52. The number of amides is 1. The fraction of sp³-hybridized carbons (Fsp3) is 0.708. The van der Waals surface area contributed by atoms with E-state index in [4.69, 9.17) is 11.6 Å². The number of carbonyl (C=O) groups is 1. The standard InChI is InChI=1S/C24H33ClN2O/c1-22-11-19-12-23(2,15-22)17-24(13-19,16-22)21(28)27-8-6-26(7-9-27)14-18-4-3-5-20(25)10-18/h3-5,10,19H,6-9,11-17H2,1-2H3/t19?,22-,23-,24?/m1/s1. The van der Waals surface area contributed by atoms with Crippen LogP contribution < -0.4 is 0 Å². The Balaban J connectivity index is 1.25. The van der Waals surface area contributed by atoms with Gasteiger partial charge in [0.25, 0.3) is 0 Å². The molecule has 4 bridgehead atoms. The van der Waals surface area contributed by atoms with E-state index in [0.717, 1.165) is 62.9 Å². The number of nitrogens with zero attached hydrogens (tertiary/aromatic N) is 2. The number of benzene rings is 1. The van der Waals surface area contributed by atoms with Gasteiger partial charge in [-0.25, -0.2) is 0 Å². The summed E-state index contributed by atoms with van der Waals surface area (Å²) in [6, 6.07) is 8.13. The van der Waals surface area contributed by atoms with E-state index in [1.807, 2.05) is 12.1 Å². The van der Waals surface area contributed by atoms with E-state index in [9.17, 15) is 4.79 Å². The predicted molar refractivity (Wildman–Crippen MR) is 113 cm³/mol. The Morgan fingerprint density at radius 2 is 1.71 bits per heavy atom. The van der Waals surface area contributed by atoms with Crippen molar-refractivity contribution in [1.29, 1.82) is 0 Å². The van der Waals surface area contributed by atoms with Crippen LogP contribution in [0.4, 0.5) is 0 Å². The first-order valence-electron chi connectivity index (χ1n) is 11.0. The smallest absolute Gasteiger partial charge is 0.228 e. The van der Waals surface area contributed by atoms with E-state index in [-0.39, 0.29) is 5.41 Å². The van der Waals surface area contributed by atoms with E-state index in [0.29, 0.717) is 16.7 Å². The number of hydrogen-bond acceptors (Lipinski definition) is 2. The van der Waals surface area contributed by atoms with Crippen molar-refractivity contribution in [2.24, 2.45) is 22.2 Å². The van der Waals surface area contributed by atoms with Gasteiger partial charge in [-0.3, -0.25) is 9.69 Å². The van der Waals surface area contributed by atoms with Crippen molar-refractivity contribution >= 4 is 17.5 Å². The molecule has 1 amide bonds. The Kier molecular flexibility index (Phi) is 4.38. The molecule has 0 unspecified atom stereocenters. The molecule has 4 heteroatoms. The topological polar surface area (TPSA) is 23.6 Å². The fourth-order valence-corrected chi connectivity index (χ4v) is 8.24. The largest absolute Gasteiger partial charge is 0.340 e. The highest BCUT2D eigenvalue weighted by Gasteiger charge is 2.63. The molecule has 5 aliphatic rings. The second-order valence-corrected chi connectivity index (χ2v) is 11.5. The van der Waals surface area contributed by atoms with Crippen LogP contribution in [0, 0.1) is 22.2 Å². The highest BCUT2D eigenvalue weighted by atomic mass is 35.5. The molecule has 28 heavy (non-hydrogen) atoms. The third kappa shape index (κ3) is 3.29. The van der Waals surface area contributed by atoms with Crippen molar-refractivity contribution in [3.63, 3.8) is 0 Å². The number of halogens is 1. The van der Waals surface area contributed by atoms with E-state index in [1.54, 1.807) is 0 Å². The summed E-state index contributed by atoms with van der Waals surface area (Å²) >= 11 is 6.13. The van der Waals surface area contributed by atoms with E-state index in [1.165, 1.54) is 24.8 Å². The van der Waals surface area contributed by atoms with Crippen molar-refractivity contribution in [3.8, 4) is 0 Å². The summed E-state index contributed by atoms with van der Waals surface area (Å²) in [5.41, 5.74) is 2.00. The summed E-state index contributed by atoms with van der Waals surface area (Å²) in [4.78, 5) is 18.4. The Hall–Kier alpha value is -1.06. The summed E-state index contributed by atoms with van der Waals surface area (Å²) < 4.78 is 0. The molecule has 0 N–H and O–H groups in total. The number of piperazine rings is 1. The quantitative estimate of drug-likeness (QED) is 0.714. The average Bonchev–Trinajstić information content (AvgIpc) is 2.59. The van der Waals surface area contributed by atoms with Gasteiger partial charge >= 0.3 is 0 Å². The van der Waals surface area contributed by atoms with Crippen LogP contribution in [-0.4, -0.2) is 41.9 Å². The third-order valence-electron chi connectivity index (χ3n) is 8.03. The van der Waals surface area contributed by atoms with Crippen LogP contribution in [0.15, 0.2) is 24.3 Å². The Morgan fingerprint density at radius 3 is 2.32 bits per heavy atom. The van der Waals surface area contributed by atoms with E-state index < -0.39 is 0 Å². The van der Waals surface area contributed by atoms with Gasteiger partial charge in [0.1, 0.15) is 0 Å². The van der Waals surface area contributed by atoms with E-state index >= 15 is 0 Å². The lowest BCUT2D eigenvalue weighted by Gasteiger charge is -2.65. The summed E-state index contributed by atoms with van der Waals surface area (Å²) in [7, 11) is 0. The lowest BCUT2D eigenvalue weighted by molar-refractivity contribution is -0.180. The monoisotopic (exact) mass is 400 g/mol. The minimum atomic E-state index is -0.0575. The second-order valence-electron chi connectivity index (χ2n) is 11.1. The van der Waals surface area contributed by atoms with Crippen LogP contribution in [0.25, 0.3) is 0 Å². The van der Waals surface area contributed by atoms with Gasteiger partial charge < -0.3 is 4.90 Å². The highest BCUT2D eigenvalue weighted by Crippen LogP contribution is 2.69. The van der Waals surface area contributed by atoms with Gasteiger partial charge in [-0.2, -0.15) is 0 Å². The molecule has 4 aliphatic carbocycles. The minimum absolute atomic E-state index is 0.0575. The first-order chi connectivity index (χ1) is 13.3. The molecule has 0 aromatic heterocycles. The molecule has 0 radical (unpaired) electrons. The molecule has 1 heterocycles. The molecule has 1 saturated heterocycles. The van der Waals surface area contributed by atoms with Gasteiger partial charge in [0.05, 0.1) is 5.41 Å². The van der Waals surface area contributed by atoms with Gasteiger partial charge in [0.2, 0.25) is 5.91 Å². The highest BCUT2D eigenvalue weighted by molar-refractivity contribution is 6.30. The zero-order valence-corrected chi connectivity index (χ0v) is 18.1. The molecular weight excluding hydrogens is 368 g/mol. The first kappa shape index (κ1) is 18.9. The average molecular weight is 401 g/mol. The second kappa shape index (κ2) is 6.47. The van der Waals surface area contributed by atoms with Gasteiger partial charge in [-0.05, 0) is 73.0 Å². The van der Waals surface area contributed by atoms with Gasteiger partial charge in [-0.1, -0.05) is 37.6 Å². The molecular formula is C24H33ClN2O. The zero-order valence-electron chi connectivity index (χ0n) is 17.3. The summed E-state index contributed by atoms with van der Waals surface area (Å²) in [5, 5.41) is 0.801. The first-order valence-corrected chi connectivity index (χ1v) is 11.4. The number of rotatable bonds is 3. The van der Waals surface area contributed by atoms with Gasteiger partial charge in [0.15, 0.2) is 0 Å². The van der Waals surface area contributed by atoms with Crippen LogP contribution in [0.3, 0.4) is 0 Å². The molecule has 4 saturated carbocycles. The lowest BCUT2D eigenvalue weighted by atomic mass is 9.40. The SMILES string of the molecule is C[C@]12CC3CC(C(=O)N4CCN(Cc5cccc(Cl)c5)CC4)(C1)C[C@](C)(C3)C2. The van der Waals surface area contributed by atoms with Crippen LogP contribution in [-0.2, 0) is 11.3 Å².